The summed E-state index contributed by atoms with van der Waals surface area (Å²) >= 11 is 0. The van der Waals surface area contributed by atoms with Gasteiger partial charge in [-0.05, 0) is 17.7 Å². The topological polar surface area (TPSA) is 82.8 Å². The van der Waals surface area contributed by atoms with E-state index in [-0.39, 0.29) is 6.61 Å². The molecule has 1 amide bonds. The molecular weight excluding hydrogens is 212 g/mol. The average Bonchev–Trinajstić information content (AvgIpc) is 2.35. The standard InChI is InChI=1S/C10H14N2O4/c1-14-8-3-7(4-9(5-8)15-2)6-16-10(13)12-11/h3-5H,6,11H2,1-2H3,(H,12,13). The molecule has 1 aromatic rings. The summed E-state index contributed by atoms with van der Waals surface area (Å²) in [4.78, 5) is 10.8. The summed E-state index contributed by atoms with van der Waals surface area (Å²) < 4.78 is 14.9. The largest absolute Gasteiger partial charge is 0.497 e. The molecule has 0 saturated heterocycles. The van der Waals surface area contributed by atoms with Crippen LogP contribution in [0.5, 0.6) is 11.5 Å². The van der Waals surface area contributed by atoms with Gasteiger partial charge in [0.05, 0.1) is 14.2 Å². The third-order valence-electron chi connectivity index (χ3n) is 1.90. The number of hydrogen-bond acceptors (Lipinski definition) is 5. The van der Waals surface area contributed by atoms with E-state index < -0.39 is 6.09 Å². The molecule has 0 aliphatic heterocycles. The SMILES string of the molecule is COc1cc(COC(=O)NN)cc(OC)c1. The molecule has 16 heavy (non-hydrogen) atoms. The van der Waals surface area contributed by atoms with Crippen molar-refractivity contribution in [3.63, 3.8) is 0 Å². The lowest BCUT2D eigenvalue weighted by Crippen LogP contribution is -2.30. The van der Waals surface area contributed by atoms with E-state index >= 15 is 0 Å². The fourth-order valence-electron chi connectivity index (χ4n) is 1.14. The first-order chi connectivity index (χ1) is 7.69. The molecule has 0 spiro atoms. The summed E-state index contributed by atoms with van der Waals surface area (Å²) in [6, 6.07) is 5.21. The van der Waals surface area contributed by atoms with Gasteiger partial charge in [-0.15, -0.1) is 0 Å². The zero-order valence-corrected chi connectivity index (χ0v) is 9.15. The Hall–Kier alpha value is -1.95. The molecule has 0 heterocycles. The normalized spacial score (nSPS) is 9.44. The van der Waals surface area contributed by atoms with Crippen LogP contribution in [0.3, 0.4) is 0 Å². The Labute approximate surface area is 93.3 Å². The van der Waals surface area contributed by atoms with E-state index in [1.165, 1.54) is 0 Å². The van der Waals surface area contributed by atoms with Crippen LogP contribution in [0.4, 0.5) is 4.79 Å². The number of carbonyl (C=O) groups excluding carboxylic acids is 1. The van der Waals surface area contributed by atoms with Crippen LogP contribution >= 0.6 is 0 Å². The average molecular weight is 226 g/mol. The molecule has 1 rings (SSSR count). The number of hydrazine groups is 1. The third-order valence-corrected chi connectivity index (χ3v) is 1.90. The number of carbonyl (C=O) groups is 1. The highest BCUT2D eigenvalue weighted by atomic mass is 16.6. The van der Waals surface area contributed by atoms with Crippen molar-refractivity contribution in [3.8, 4) is 11.5 Å². The maximum atomic E-state index is 10.8. The van der Waals surface area contributed by atoms with Crippen molar-refractivity contribution in [1.29, 1.82) is 0 Å². The van der Waals surface area contributed by atoms with E-state index in [0.717, 1.165) is 5.56 Å². The van der Waals surface area contributed by atoms with Gasteiger partial charge in [0, 0.05) is 6.07 Å². The van der Waals surface area contributed by atoms with Crippen molar-refractivity contribution in [3.05, 3.63) is 23.8 Å². The molecule has 6 heteroatoms. The van der Waals surface area contributed by atoms with Gasteiger partial charge in [-0.25, -0.2) is 10.6 Å². The summed E-state index contributed by atoms with van der Waals surface area (Å²) in [5, 5.41) is 0. The maximum Gasteiger partial charge on any atom is 0.421 e. The zero-order chi connectivity index (χ0) is 12.0. The zero-order valence-electron chi connectivity index (χ0n) is 9.15. The predicted molar refractivity (Wildman–Crippen MR) is 57.1 cm³/mol. The monoisotopic (exact) mass is 226 g/mol. The fourth-order valence-corrected chi connectivity index (χ4v) is 1.14. The molecule has 0 bridgehead atoms. The molecule has 0 fully saturated rings. The van der Waals surface area contributed by atoms with Crippen LogP contribution in [-0.4, -0.2) is 20.3 Å². The minimum Gasteiger partial charge on any atom is -0.497 e. The Bertz CT molecular complexity index is 346. The number of nitrogens with one attached hydrogen (secondary N) is 1. The Morgan fingerprint density at radius 1 is 1.25 bits per heavy atom. The third kappa shape index (κ3) is 3.32. The molecule has 0 aromatic heterocycles. The number of rotatable bonds is 4. The van der Waals surface area contributed by atoms with Crippen molar-refractivity contribution in [2.24, 2.45) is 5.84 Å². The van der Waals surface area contributed by atoms with Crippen LogP contribution < -0.4 is 20.7 Å². The van der Waals surface area contributed by atoms with E-state index in [1.807, 2.05) is 5.43 Å². The molecule has 0 saturated carbocycles. The summed E-state index contributed by atoms with van der Waals surface area (Å²) in [5.74, 6) is 6.14. The Balaban J connectivity index is 2.74. The van der Waals surface area contributed by atoms with E-state index in [4.69, 9.17) is 20.1 Å². The van der Waals surface area contributed by atoms with E-state index in [9.17, 15) is 4.79 Å². The minimum absolute atomic E-state index is 0.0938. The molecule has 6 nitrogen and oxygen atoms in total. The number of methoxy groups -OCH3 is 2. The van der Waals surface area contributed by atoms with Gasteiger partial charge in [-0.1, -0.05) is 0 Å². The molecule has 0 aliphatic carbocycles. The molecule has 0 unspecified atom stereocenters. The van der Waals surface area contributed by atoms with Crippen LogP contribution in [0, 0.1) is 0 Å². The molecule has 0 atom stereocenters. The lowest BCUT2D eigenvalue weighted by atomic mass is 10.2. The highest BCUT2D eigenvalue weighted by molar-refractivity contribution is 5.66. The van der Waals surface area contributed by atoms with Gasteiger partial charge in [0.25, 0.3) is 0 Å². The van der Waals surface area contributed by atoms with Crippen LogP contribution in [0.1, 0.15) is 5.56 Å². The Kier molecular flexibility index (Phi) is 4.41. The second kappa shape index (κ2) is 5.82. The summed E-state index contributed by atoms with van der Waals surface area (Å²) in [6.07, 6.45) is -0.693. The predicted octanol–water partition coefficient (Wildman–Crippen LogP) is 0.804. The van der Waals surface area contributed by atoms with E-state index in [0.29, 0.717) is 11.5 Å². The molecule has 1 aromatic carbocycles. The molecule has 0 radical (unpaired) electrons. The second-order valence-corrected chi connectivity index (χ2v) is 2.94. The quantitative estimate of drug-likeness (QED) is 0.451. The van der Waals surface area contributed by atoms with Gasteiger partial charge >= 0.3 is 6.09 Å². The summed E-state index contributed by atoms with van der Waals surface area (Å²) in [7, 11) is 3.10. The van der Waals surface area contributed by atoms with Crippen molar-refractivity contribution in [1.82, 2.24) is 5.43 Å². The van der Waals surface area contributed by atoms with E-state index in [1.54, 1.807) is 32.4 Å². The van der Waals surface area contributed by atoms with Crippen LogP contribution in [0.15, 0.2) is 18.2 Å². The fraction of sp³-hybridized carbons (Fsp3) is 0.300. The first kappa shape index (κ1) is 12.1. The number of hydrogen-bond donors (Lipinski definition) is 2. The molecule has 3 N–H and O–H groups in total. The van der Waals surface area contributed by atoms with E-state index in [2.05, 4.69) is 0 Å². The van der Waals surface area contributed by atoms with Crippen molar-refractivity contribution >= 4 is 6.09 Å². The molecule has 88 valence electrons. The first-order valence-electron chi connectivity index (χ1n) is 4.55. The number of nitrogens with two attached hydrogens (primary N) is 1. The molecule has 0 aliphatic rings. The number of ether oxygens (including phenoxy) is 3. The van der Waals surface area contributed by atoms with Crippen molar-refractivity contribution in [2.75, 3.05) is 14.2 Å². The van der Waals surface area contributed by atoms with Crippen LogP contribution in [-0.2, 0) is 11.3 Å². The van der Waals surface area contributed by atoms with Gasteiger partial charge in [-0.2, -0.15) is 0 Å². The maximum absolute atomic E-state index is 10.8. The second-order valence-electron chi connectivity index (χ2n) is 2.94. The summed E-state index contributed by atoms with van der Waals surface area (Å²) in [6.45, 7) is 0.0938. The lowest BCUT2D eigenvalue weighted by Gasteiger charge is -2.08. The highest BCUT2D eigenvalue weighted by Gasteiger charge is 2.04. The summed E-state index contributed by atoms with van der Waals surface area (Å²) in [5.41, 5.74) is 2.62. The number of benzene rings is 1. The smallest absolute Gasteiger partial charge is 0.421 e. The van der Waals surface area contributed by atoms with Crippen LogP contribution in [0.25, 0.3) is 0 Å². The Morgan fingerprint density at radius 2 is 1.81 bits per heavy atom. The molecular formula is C10H14N2O4. The van der Waals surface area contributed by atoms with Gasteiger partial charge in [-0.3, -0.25) is 5.43 Å². The minimum atomic E-state index is -0.693. The van der Waals surface area contributed by atoms with Gasteiger partial charge < -0.3 is 14.2 Å². The Morgan fingerprint density at radius 3 is 2.25 bits per heavy atom. The number of amides is 1. The van der Waals surface area contributed by atoms with Crippen molar-refractivity contribution in [2.45, 2.75) is 6.61 Å². The van der Waals surface area contributed by atoms with Gasteiger partial charge in [0.2, 0.25) is 0 Å². The van der Waals surface area contributed by atoms with Gasteiger partial charge in [0.15, 0.2) is 0 Å². The highest BCUT2D eigenvalue weighted by Crippen LogP contribution is 2.22. The van der Waals surface area contributed by atoms with Crippen molar-refractivity contribution < 1.29 is 19.0 Å². The van der Waals surface area contributed by atoms with Crippen LogP contribution in [0.2, 0.25) is 0 Å². The first-order valence-corrected chi connectivity index (χ1v) is 4.55. The van der Waals surface area contributed by atoms with Gasteiger partial charge in [0.1, 0.15) is 18.1 Å². The lowest BCUT2D eigenvalue weighted by molar-refractivity contribution is 0.139.